The Bertz CT molecular complexity index is 891. The molecule has 0 atom stereocenters. The molecular weight excluding hydrogens is 358 g/mol. The van der Waals surface area contributed by atoms with E-state index in [9.17, 15) is 0 Å². The molecule has 140 valence electrons. The molecule has 0 saturated carbocycles. The van der Waals surface area contributed by atoms with Crippen LogP contribution < -0.4 is 9.47 Å². The fraction of sp³-hybridized carbons (Fsp3) is 0.238. The van der Waals surface area contributed by atoms with Crippen LogP contribution in [0.3, 0.4) is 0 Å². The quantitative estimate of drug-likeness (QED) is 0.307. The van der Waals surface area contributed by atoms with Gasteiger partial charge in [0.25, 0.3) is 0 Å². The normalized spacial score (nSPS) is 10.6. The number of hydrogen-bond acceptors (Lipinski definition) is 5. The van der Waals surface area contributed by atoms with Crippen molar-refractivity contribution in [2.24, 2.45) is 0 Å². The van der Waals surface area contributed by atoms with Gasteiger partial charge >= 0.3 is 0 Å². The highest BCUT2D eigenvalue weighted by Gasteiger charge is 2.13. The third-order valence-corrected chi connectivity index (χ3v) is 4.88. The van der Waals surface area contributed by atoms with Gasteiger partial charge < -0.3 is 9.47 Å². The SMILES string of the molecule is C=CCn1c(SCCOc2ccc(OC)cc2)nnc1-c1cccc(C)c1. The van der Waals surface area contributed by atoms with Crippen LogP contribution in [0, 0.1) is 6.92 Å². The van der Waals surface area contributed by atoms with Gasteiger partial charge in [-0.25, -0.2) is 0 Å². The van der Waals surface area contributed by atoms with E-state index in [4.69, 9.17) is 9.47 Å². The zero-order valence-electron chi connectivity index (χ0n) is 15.6. The monoisotopic (exact) mass is 381 g/mol. The van der Waals surface area contributed by atoms with E-state index in [0.717, 1.165) is 33.8 Å². The summed E-state index contributed by atoms with van der Waals surface area (Å²) in [4.78, 5) is 0. The molecular formula is C21H23N3O2S. The van der Waals surface area contributed by atoms with E-state index < -0.39 is 0 Å². The van der Waals surface area contributed by atoms with Crippen molar-refractivity contribution < 1.29 is 9.47 Å². The highest BCUT2D eigenvalue weighted by atomic mass is 32.2. The largest absolute Gasteiger partial charge is 0.497 e. The molecule has 0 spiro atoms. The molecule has 2 aromatic carbocycles. The molecule has 0 amide bonds. The lowest BCUT2D eigenvalue weighted by Gasteiger charge is -2.09. The molecule has 27 heavy (non-hydrogen) atoms. The number of allylic oxidation sites excluding steroid dienone is 1. The number of methoxy groups -OCH3 is 1. The molecule has 3 aromatic rings. The number of nitrogens with zero attached hydrogens (tertiary/aromatic N) is 3. The maximum absolute atomic E-state index is 5.78. The molecule has 0 bridgehead atoms. The van der Waals surface area contributed by atoms with Crippen molar-refractivity contribution in [3.05, 3.63) is 66.7 Å². The van der Waals surface area contributed by atoms with E-state index in [-0.39, 0.29) is 0 Å². The number of rotatable bonds is 9. The summed E-state index contributed by atoms with van der Waals surface area (Å²) in [5.74, 6) is 3.27. The zero-order valence-corrected chi connectivity index (χ0v) is 16.4. The van der Waals surface area contributed by atoms with Gasteiger partial charge in [-0.2, -0.15) is 0 Å². The molecule has 0 aliphatic carbocycles. The second-order valence-corrected chi connectivity index (χ2v) is 7.01. The Kier molecular flexibility index (Phi) is 6.54. The second-order valence-electron chi connectivity index (χ2n) is 5.95. The van der Waals surface area contributed by atoms with Crippen molar-refractivity contribution in [2.45, 2.75) is 18.6 Å². The van der Waals surface area contributed by atoms with Gasteiger partial charge in [0.2, 0.25) is 0 Å². The van der Waals surface area contributed by atoms with E-state index in [0.29, 0.717) is 13.2 Å². The van der Waals surface area contributed by atoms with Crippen molar-refractivity contribution in [3.63, 3.8) is 0 Å². The number of thioether (sulfide) groups is 1. The number of benzene rings is 2. The minimum atomic E-state index is 0.581. The molecule has 1 aromatic heterocycles. The summed E-state index contributed by atoms with van der Waals surface area (Å²) in [6.45, 7) is 7.18. The number of hydrogen-bond donors (Lipinski definition) is 0. The Morgan fingerprint density at radius 2 is 1.89 bits per heavy atom. The number of aryl methyl sites for hydroxylation is 1. The number of ether oxygens (including phenoxy) is 2. The Labute approximate surface area is 164 Å². The summed E-state index contributed by atoms with van der Waals surface area (Å²) < 4.78 is 13.0. The molecule has 0 aliphatic rings. The van der Waals surface area contributed by atoms with Gasteiger partial charge in [0.1, 0.15) is 11.5 Å². The Hall–Kier alpha value is -2.73. The van der Waals surface area contributed by atoms with Gasteiger partial charge in [-0.05, 0) is 37.3 Å². The van der Waals surface area contributed by atoms with Crippen molar-refractivity contribution in [1.29, 1.82) is 0 Å². The fourth-order valence-electron chi connectivity index (χ4n) is 2.65. The smallest absolute Gasteiger partial charge is 0.191 e. The standard InChI is InChI=1S/C21H23N3O2S/c1-4-12-24-20(17-7-5-6-16(2)15-17)22-23-21(24)27-14-13-26-19-10-8-18(25-3)9-11-19/h4-11,15H,1,12-14H2,2-3H3. The molecule has 0 radical (unpaired) electrons. The molecule has 5 nitrogen and oxygen atoms in total. The van der Waals surface area contributed by atoms with Crippen molar-refractivity contribution in [2.75, 3.05) is 19.5 Å². The predicted molar refractivity (Wildman–Crippen MR) is 110 cm³/mol. The lowest BCUT2D eigenvalue weighted by atomic mass is 10.1. The molecule has 0 unspecified atom stereocenters. The fourth-order valence-corrected chi connectivity index (χ4v) is 3.42. The highest BCUT2D eigenvalue weighted by Crippen LogP contribution is 2.25. The molecule has 1 heterocycles. The molecule has 0 saturated heterocycles. The summed E-state index contributed by atoms with van der Waals surface area (Å²) in [5.41, 5.74) is 2.26. The molecule has 0 aliphatic heterocycles. The van der Waals surface area contributed by atoms with Gasteiger partial charge in [0, 0.05) is 17.9 Å². The maximum atomic E-state index is 5.78. The third kappa shape index (κ3) is 4.92. The van der Waals surface area contributed by atoms with Gasteiger partial charge in [-0.15, -0.1) is 16.8 Å². The molecule has 0 N–H and O–H groups in total. The predicted octanol–water partition coefficient (Wildman–Crippen LogP) is 4.62. The minimum absolute atomic E-state index is 0.581. The van der Waals surface area contributed by atoms with E-state index in [1.807, 2.05) is 36.4 Å². The van der Waals surface area contributed by atoms with Crippen molar-refractivity contribution in [3.8, 4) is 22.9 Å². The first-order valence-corrected chi connectivity index (χ1v) is 9.70. The maximum Gasteiger partial charge on any atom is 0.191 e. The summed E-state index contributed by atoms with van der Waals surface area (Å²) in [6, 6.07) is 15.9. The van der Waals surface area contributed by atoms with Crippen LogP contribution in [0.5, 0.6) is 11.5 Å². The van der Waals surface area contributed by atoms with E-state index in [1.165, 1.54) is 5.56 Å². The van der Waals surface area contributed by atoms with Gasteiger partial charge in [-0.1, -0.05) is 41.6 Å². The van der Waals surface area contributed by atoms with Gasteiger partial charge in [0.15, 0.2) is 11.0 Å². The van der Waals surface area contributed by atoms with E-state index in [2.05, 4.69) is 46.5 Å². The lowest BCUT2D eigenvalue weighted by Crippen LogP contribution is -2.04. The Morgan fingerprint density at radius 3 is 2.59 bits per heavy atom. The zero-order chi connectivity index (χ0) is 19.1. The Morgan fingerprint density at radius 1 is 1.11 bits per heavy atom. The van der Waals surface area contributed by atoms with Crippen molar-refractivity contribution in [1.82, 2.24) is 14.8 Å². The highest BCUT2D eigenvalue weighted by molar-refractivity contribution is 7.99. The van der Waals surface area contributed by atoms with Crippen LogP contribution in [-0.4, -0.2) is 34.2 Å². The van der Waals surface area contributed by atoms with Crippen LogP contribution in [0.25, 0.3) is 11.4 Å². The molecule has 6 heteroatoms. The first kappa shape index (κ1) is 19.0. The summed E-state index contributed by atoms with van der Waals surface area (Å²) in [7, 11) is 1.65. The third-order valence-electron chi connectivity index (χ3n) is 3.95. The second kappa shape index (κ2) is 9.28. The Balaban J connectivity index is 1.63. The van der Waals surface area contributed by atoms with Gasteiger partial charge in [0.05, 0.1) is 13.7 Å². The summed E-state index contributed by atoms with van der Waals surface area (Å²) >= 11 is 1.63. The topological polar surface area (TPSA) is 49.2 Å². The minimum Gasteiger partial charge on any atom is -0.497 e. The summed E-state index contributed by atoms with van der Waals surface area (Å²) in [5, 5.41) is 9.62. The van der Waals surface area contributed by atoms with Crippen LogP contribution in [0.4, 0.5) is 0 Å². The number of aromatic nitrogens is 3. The summed E-state index contributed by atoms with van der Waals surface area (Å²) in [6.07, 6.45) is 1.86. The molecule has 0 fully saturated rings. The van der Waals surface area contributed by atoms with Crippen LogP contribution in [0.1, 0.15) is 5.56 Å². The van der Waals surface area contributed by atoms with Crippen LogP contribution in [-0.2, 0) is 6.54 Å². The first-order valence-electron chi connectivity index (χ1n) is 8.72. The molecule has 3 rings (SSSR count). The van der Waals surface area contributed by atoms with Gasteiger partial charge in [-0.3, -0.25) is 4.57 Å². The lowest BCUT2D eigenvalue weighted by molar-refractivity contribution is 0.342. The van der Waals surface area contributed by atoms with Crippen LogP contribution in [0.2, 0.25) is 0 Å². The first-order chi connectivity index (χ1) is 13.2. The average Bonchev–Trinajstić information content (AvgIpc) is 3.09. The van der Waals surface area contributed by atoms with Crippen LogP contribution in [0.15, 0.2) is 66.3 Å². The average molecular weight is 382 g/mol. The van der Waals surface area contributed by atoms with E-state index >= 15 is 0 Å². The van der Waals surface area contributed by atoms with Crippen molar-refractivity contribution >= 4 is 11.8 Å². The van der Waals surface area contributed by atoms with Crippen LogP contribution >= 0.6 is 11.8 Å². The van der Waals surface area contributed by atoms with E-state index in [1.54, 1.807) is 18.9 Å².